The van der Waals surface area contributed by atoms with Gasteiger partial charge in [-0.3, -0.25) is 4.79 Å². The highest BCUT2D eigenvalue weighted by Crippen LogP contribution is 2.04. The summed E-state index contributed by atoms with van der Waals surface area (Å²) in [5, 5.41) is 0. The first kappa shape index (κ1) is 16.1. The summed E-state index contributed by atoms with van der Waals surface area (Å²) in [5.41, 5.74) is 0. The molecule has 0 spiro atoms. The van der Waals surface area contributed by atoms with E-state index in [9.17, 15) is 13.2 Å². The van der Waals surface area contributed by atoms with E-state index in [0.717, 1.165) is 0 Å². The number of esters is 1. The van der Waals surface area contributed by atoms with E-state index in [4.69, 9.17) is 0 Å². The highest BCUT2D eigenvalue weighted by molar-refractivity contribution is 14.1. The molecule has 0 rings (SSSR count). The Bertz CT molecular complexity index is 315. The monoisotopic (exact) mass is 363 g/mol. The lowest BCUT2D eigenvalue weighted by atomic mass is 10.2. The molecule has 0 saturated heterocycles. The molecule has 96 valence electrons. The van der Waals surface area contributed by atoms with Crippen LogP contribution in [0, 0.1) is 5.92 Å². The number of nitrogens with one attached hydrogen (secondary N) is 1. The number of halogens is 1. The second kappa shape index (κ2) is 7.44. The molecule has 0 fully saturated rings. The fourth-order valence-electron chi connectivity index (χ4n) is 0.874. The molecular weight excluding hydrogens is 345 g/mol. The van der Waals surface area contributed by atoms with Crippen molar-refractivity contribution in [1.29, 1.82) is 0 Å². The summed E-state index contributed by atoms with van der Waals surface area (Å²) in [5.74, 6) is 0.00889. The van der Waals surface area contributed by atoms with Crippen molar-refractivity contribution in [3.05, 3.63) is 0 Å². The zero-order valence-electron chi connectivity index (χ0n) is 9.70. The van der Waals surface area contributed by atoms with Crippen LogP contribution in [-0.2, 0) is 19.6 Å². The van der Waals surface area contributed by atoms with Gasteiger partial charge in [-0.1, -0.05) is 36.4 Å². The van der Waals surface area contributed by atoms with E-state index in [0.29, 0.717) is 12.3 Å². The zero-order valence-corrected chi connectivity index (χ0v) is 12.7. The largest absolute Gasteiger partial charge is 0.468 e. The lowest BCUT2D eigenvalue weighted by Gasteiger charge is -2.10. The Morgan fingerprint density at radius 1 is 1.44 bits per heavy atom. The Morgan fingerprint density at radius 2 is 2.00 bits per heavy atom. The van der Waals surface area contributed by atoms with Crippen LogP contribution in [0.5, 0.6) is 0 Å². The van der Waals surface area contributed by atoms with Crippen LogP contribution >= 0.6 is 22.6 Å². The smallest absolute Gasteiger partial charge is 0.319 e. The van der Waals surface area contributed by atoms with Gasteiger partial charge in [0.1, 0.15) is 3.92 Å². The van der Waals surface area contributed by atoms with Crippen molar-refractivity contribution >= 4 is 38.6 Å². The molecule has 0 aromatic rings. The van der Waals surface area contributed by atoms with Gasteiger partial charge in [0.2, 0.25) is 10.0 Å². The molecule has 0 aromatic heterocycles. The van der Waals surface area contributed by atoms with E-state index in [-0.39, 0.29) is 12.3 Å². The summed E-state index contributed by atoms with van der Waals surface area (Å²) < 4.78 is 29.4. The van der Waals surface area contributed by atoms with Crippen LogP contribution in [0.1, 0.15) is 20.3 Å². The standard InChI is InChI=1S/C9H18INO4S/c1-7(2)4-5-16(13,14)11-6-8(10)9(12)15-3/h7-8,11H,4-6H2,1-3H3. The summed E-state index contributed by atoms with van der Waals surface area (Å²) in [4.78, 5) is 11.0. The molecule has 0 aliphatic rings. The third-order valence-corrected chi connectivity index (χ3v) is 4.23. The topological polar surface area (TPSA) is 72.5 Å². The molecule has 1 atom stereocenters. The molecule has 0 amide bonds. The van der Waals surface area contributed by atoms with Crippen LogP contribution < -0.4 is 4.72 Å². The van der Waals surface area contributed by atoms with Gasteiger partial charge in [-0.15, -0.1) is 0 Å². The van der Waals surface area contributed by atoms with Gasteiger partial charge in [-0.05, 0) is 12.3 Å². The maximum absolute atomic E-state index is 11.5. The molecule has 0 bridgehead atoms. The molecule has 0 aromatic carbocycles. The van der Waals surface area contributed by atoms with Gasteiger partial charge in [-0.25, -0.2) is 13.1 Å². The third-order valence-electron chi connectivity index (χ3n) is 1.90. The number of ether oxygens (including phenoxy) is 1. The third kappa shape index (κ3) is 7.39. The highest BCUT2D eigenvalue weighted by Gasteiger charge is 2.18. The van der Waals surface area contributed by atoms with Crippen molar-refractivity contribution < 1.29 is 17.9 Å². The Labute approximate surface area is 111 Å². The Morgan fingerprint density at radius 3 is 2.44 bits per heavy atom. The van der Waals surface area contributed by atoms with Crippen LogP contribution in [0.4, 0.5) is 0 Å². The van der Waals surface area contributed by atoms with E-state index in [2.05, 4.69) is 9.46 Å². The SMILES string of the molecule is COC(=O)C(I)CNS(=O)(=O)CCC(C)C. The number of hydrogen-bond acceptors (Lipinski definition) is 4. The normalized spacial score (nSPS) is 13.8. The van der Waals surface area contributed by atoms with Gasteiger partial charge in [-0.2, -0.15) is 0 Å². The van der Waals surface area contributed by atoms with Crippen molar-refractivity contribution in [3.63, 3.8) is 0 Å². The minimum Gasteiger partial charge on any atom is -0.468 e. The van der Waals surface area contributed by atoms with E-state index in [1.54, 1.807) is 0 Å². The van der Waals surface area contributed by atoms with Crippen LogP contribution in [0.3, 0.4) is 0 Å². The lowest BCUT2D eigenvalue weighted by molar-refractivity contribution is -0.139. The lowest BCUT2D eigenvalue weighted by Crippen LogP contribution is -2.35. The van der Waals surface area contributed by atoms with Crippen LogP contribution in [0.15, 0.2) is 0 Å². The molecule has 0 radical (unpaired) electrons. The Hall–Kier alpha value is 0.110. The average Bonchev–Trinajstić information content (AvgIpc) is 2.22. The summed E-state index contributed by atoms with van der Waals surface area (Å²) in [6.45, 7) is 4.00. The molecule has 0 aliphatic heterocycles. The molecule has 7 heteroatoms. The number of rotatable bonds is 7. The number of methoxy groups -OCH3 is 1. The zero-order chi connectivity index (χ0) is 12.8. The van der Waals surface area contributed by atoms with E-state index in [1.165, 1.54) is 7.11 Å². The molecule has 5 nitrogen and oxygen atoms in total. The fraction of sp³-hybridized carbons (Fsp3) is 0.889. The molecule has 0 saturated carbocycles. The van der Waals surface area contributed by atoms with Crippen molar-refractivity contribution in [1.82, 2.24) is 4.72 Å². The predicted octanol–water partition coefficient (Wildman–Crippen LogP) is 0.928. The van der Waals surface area contributed by atoms with E-state index < -0.39 is 19.9 Å². The summed E-state index contributed by atoms with van der Waals surface area (Å²) in [7, 11) is -2.00. The number of carbonyl (C=O) groups is 1. The van der Waals surface area contributed by atoms with Gasteiger partial charge in [0.05, 0.1) is 12.9 Å². The molecule has 1 unspecified atom stereocenters. The maximum Gasteiger partial charge on any atom is 0.319 e. The summed E-state index contributed by atoms with van der Waals surface area (Å²) in [6, 6.07) is 0. The van der Waals surface area contributed by atoms with Gasteiger partial charge in [0, 0.05) is 6.54 Å². The van der Waals surface area contributed by atoms with Crippen LogP contribution in [0.2, 0.25) is 0 Å². The first-order valence-electron chi connectivity index (χ1n) is 4.97. The van der Waals surface area contributed by atoms with Gasteiger partial charge in [0.25, 0.3) is 0 Å². The minimum atomic E-state index is -3.28. The minimum absolute atomic E-state index is 0.0770. The number of hydrogen-bond donors (Lipinski definition) is 1. The van der Waals surface area contributed by atoms with Crippen molar-refractivity contribution in [2.45, 2.75) is 24.2 Å². The van der Waals surface area contributed by atoms with Crippen molar-refractivity contribution in [2.75, 3.05) is 19.4 Å². The molecular formula is C9H18INO4S. The molecule has 0 aliphatic carbocycles. The van der Waals surface area contributed by atoms with Gasteiger partial charge < -0.3 is 4.74 Å². The van der Waals surface area contributed by atoms with Crippen molar-refractivity contribution in [2.24, 2.45) is 5.92 Å². The van der Waals surface area contributed by atoms with Gasteiger partial charge >= 0.3 is 5.97 Å². The molecule has 16 heavy (non-hydrogen) atoms. The number of sulfonamides is 1. The van der Waals surface area contributed by atoms with Crippen LogP contribution in [0.25, 0.3) is 0 Å². The quantitative estimate of drug-likeness (QED) is 0.415. The predicted molar refractivity (Wildman–Crippen MR) is 71.1 cm³/mol. The summed E-state index contributed by atoms with van der Waals surface area (Å²) in [6.07, 6.45) is 0.611. The van der Waals surface area contributed by atoms with Crippen molar-refractivity contribution in [3.8, 4) is 0 Å². The number of carbonyl (C=O) groups excluding carboxylic acids is 1. The first-order chi connectivity index (χ1) is 7.28. The van der Waals surface area contributed by atoms with E-state index >= 15 is 0 Å². The number of alkyl halides is 1. The molecule has 1 N–H and O–H groups in total. The summed E-state index contributed by atoms with van der Waals surface area (Å²) >= 11 is 1.85. The molecule has 0 heterocycles. The first-order valence-corrected chi connectivity index (χ1v) is 7.87. The Kier molecular flexibility index (Phi) is 7.49. The maximum atomic E-state index is 11.5. The second-order valence-electron chi connectivity index (χ2n) is 3.84. The highest BCUT2D eigenvalue weighted by atomic mass is 127. The van der Waals surface area contributed by atoms with Gasteiger partial charge in [0.15, 0.2) is 0 Å². The average molecular weight is 363 g/mol. The second-order valence-corrected chi connectivity index (χ2v) is 7.27. The fourth-order valence-corrected chi connectivity index (χ4v) is 2.99. The Balaban J connectivity index is 4.04. The van der Waals surface area contributed by atoms with E-state index in [1.807, 2.05) is 36.4 Å². The van der Waals surface area contributed by atoms with Crippen LogP contribution in [-0.4, -0.2) is 37.7 Å².